The van der Waals surface area contributed by atoms with Crippen molar-refractivity contribution in [3.8, 4) is 0 Å². The van der Waals surface area contributed by atoms with E-state index in [9.17, 15) is 42.0 Å². The van der Waals surface area contributed by atoms with E-state index in [1.807, 2.05) is 59.6 Å². The zero-order valence-electron chi connectivity index (χ0n) is 49.3. The molecular formula is C58H89N7O15S. The van der Waals surface area contributed by atoms with Crippen molar-refractivity contribution < 1.29 is 70.5 Å². The normalized spacial score (nSPS) is 18.5. The van der Waals surface area contributed by atoms with Gasteiger partial charge in [0.05, 0.1) is 105 Å². The maximum Gasteiger partial charge on any atom is 0.285 e. The molecule has 452 valence electrons. The number of sulfonamides is 1. The third kappa shape index (κ3) is 18.3. The molecule has 2 aromatic rings. The lowest BCUT2D eigenvalue weighted by Crippen LogP contribution is -2.60. The van der Waals surface area contributed by atoms with Crippen LogP contribution in [0.3, 0.4) is 0 Å². The van der Waals surface area contributed by atoms with E-state index in [0.717, 1.165) is 10.6 Å². The smallest absolute Gasteiger partial charge is 0.285 e. The Morgan fingerprint density at radius 1 is 0.716 bits per heavy atom. The first-order valence-corrected chi connectivity index (χ1v) is 30.0. The summed E-state index contributed by atoms with van der Waals surface area (Å²) in [5.74, 6) is -4.68. The molecule has 0 bridgehead atoms. The summed E-state index contributed by atoms with van der Waals surface area (Å²) in [6, 6.07) is 11.7. The van der Waals surface area contributed by atoms with Gasteiger partial charge in [-0.1, -0.05) is 97.4 Å². The molecule has 0 unspecified atom stereocenters. The van der Waals surface area contributed by atoms with Gasteiger partial charge < -0.3 is 44.1 Å². The van der Waals surface area contributed by atoms with Crippen molar-refractivity contribution in [2.24, 2.45) is 23.7 Å². The van der Waals surface area contributed by atoms with Crippen LogP contribution < -0.4 is 15.4 Å². The van der Waals surface area contributed by atoms with Gasteiger partial charge in [-0.25, -0.2) is 8.42 Å². The minimum Gasteiger partial charge on any atom is -0.379 e. The molecule has 1 saturated heterocycles. The lowest BCUT2D eigenvalue weighted by atomic mass is 9.89. The summed E-state index contributed by atoms with van der Waals surface area (Å²) in [5.41, 5.74) is 1.33. The van der Waals surface area contributed by atoms with Crippen LogP contribution in [0, 0.1) is 23.7 Å². The molecule has 23 heteroatoms. The van der Waals surface area contributed by atoms with Crippen molar-refractivity contribution >= 4 is 51.4 Å². The molecule has 3 N–H and O–H groups in total. The van der Waals surface area contributed by atoms with Crippen molar-refractivity contribution in [2.75, 3.05) is 87.7 Å². The Morgan fingerprint density at radius 2 is 1.30 bits per heavy atom. The number of benzene rings is 2. The van der Waals surface area contributed by atoms with Crippen molar-refractivity contribution in [2.45, 2.75) is 141 Å². The monoisotopic (exact) mass is 1160 g/mol. The number of hydrogen-bond donors (Lipinski definition) is 3. The largest absolute Gasteiger partial charge is 0.379 e. The van der Waals surface area contributed by atoms with Gasteiger partial charge in [-0.15, -0.1) is 5.06 Å². The molecule has 3 aliphatic rings. The summed E-state index contributed by atoms with van der Waals surface area (Å²) in [6.07, 6.45) is 1.17. The highest BCUT2D eigenvalue weighted by molar-refractivity contribution is 7.90. The fourth-order valence-corrected chi connectivity index (χ4v) is 12.0. The minimum atomic E-state index is -3.89. The number of hydroxylamine groups is 2. The molecule has 7 amide bonds. The minimum absolute atomic E-state index is 0.00970. The number of amides is 7. The maximum absolute atomic E-state index is 14.7. The standard InChI is InChI=1S/C58H89N7O15S/c1-12-39(6)51(47(75-10)36-48(66)64-26-18-23-46(64)52(76-11)40(7)53(67)59-45(35-41-19-14-13-15-20-41)54(68)61-81(73,74)42-24-25-42)63(9)58(72)49(37(2)3)60-55(69)50(38(4)5)62(8)27-28-77-29-30-78-31-32-79-33-34-80-65-56(70)43-21-16-17-22-44(43)57(65)71/h13-17,19-22,37-40,42,45-47,49-52H,12,18,23-36H2,1-11H3,(H,59,67)(H,60,69)(H,61,68)/t39-,40+,45-,46-,47+,49-,50-,51-,52+/m0/s1. The van der Waals surface area contributed by atoms with Crippen LogP contribution in [0.1, 0.15) is 113 Å². The molecule has 0 spiro atoms. The lowest BCUT2D eigenvalue weighted by molar-refractivity contribution is -0.148. The van der Waals surface area contributed by atoms with Crippen molar-refractivity contribution in [3.05, 3.63) is 71.3 Å². The molecule has 81 heavy (non-hydrogen) atoms. The number of imide groups is 1. The van der Waals surface area contributed by atoms with Gasteiger partial charge in [0.15, 0.2) is 0 Å². The van der Waals surface area contributed by atoms with E-state index in [0.29, 0.717) is 82.7 Å². The van der Waals surface area contributed by atoms with Gasteiger partial charge in [0.1, 0.15) is 12.1 Å². The van der Waals surface area contributed by atoms with Gasteiger partial charge in [0.2, 0.25) is 33.7 Å². The maximum atomic E-state index is 14.7. The number of likely N-dealkylation sites (N-methyl/N-ethyl adjacent to an activating group) is 2. The van der Waals surface area contributed by atoms with E-state index in [1.54, 1.807) is 72.3 Å². The molecule has 1 aliphatic carbocycles. The van der Waals surface area contributed by atoms with Crippen LogP contribution in [0.25, 0.3) is 0 Å². The van der Waals surface area contributed by atoms with E-state index in [4.69, 9.17) is 28.5 Å². The molecule has 2 fully saturated rings. The Bertz CT molecular complexity index is 2480. The van der Waals surface area contributed by atoms with Gasteiger partial charge in [-0.2, -0.15) is 0 Å². The predicted molar refractivity (Wildman–Crippen MR) is 302 cm³/mol. The summed E-state index contributed by atoms with van der Waals surface area (Å²) in [4.78, 5) is 106. The van der Waals surface area contributed by atoms with E-state index in [2.05, 4.69) is 15.4 Å². The molecule has 2 aromatic carbocycles. The van der Waals surface area contributed by atoms with E-state index in [1.165, 1.54) is 14.2 Å². The summed E-state index contributed by atoms with van der Waals surface area (Å²) >= 11 is 0. The van der Waals surface area contributed by atoms with Crippen molar-refractivity contribution in [1.82, 2.24) is 35.1 Å². The van der Waals surface area contributed by atoms with Gasteiger partial charge in [0, 0.05) is 40.8 Å². The topological polar surface area (TPSA) is 258 Å². The highest BCUT2D eigenvalue weighted by atomic mass is 32.2. The van der Waals surface area contributed by atoms with Crippen LogP contribution in [0.2, 0.25) is 0 Å². The number of ether oxygens (including phenoxy) is 5. The number of rotatable bonds is 36. The summed E-state index contributed by atoms with van der Waals surface area (Å²) < 4.78 is 56.8. The van der Waals surface area contributed by atoms with Gasteiger partial charge in [0.25, 0.3) is 17.7 Å². The Balaban J connectivity index is 1.11. The van der Waals surface area contributed by atoms with Crippen LogP contribution in [0.4, 0.5) is 0 Å². The Kier molecular flexibility index (Phi) is 26.1. The molecule has 0 radical (unpaired) electrons. The van der Waals surface area contributed by atoms with Crippen molar-refractivity contribution in [3.63, 3.8) is 0 Å². The molecule has 2 heterocycles. The second kappa shape index (κ2) is 31.9. The molecular weight excluding hydrogens is 1070 g/mol. The lowest BCUT2D eigenvalue weighted by Gasteiger charge is -2.41. The SMILES string of the molecule is CC[C@H](C)[C@@H]([C@@H](CC(=O)N1CCC[C@H]1[C@H](OC)[C@@H](C)C(=O)N[C@@H](Cc1ccccc1)C(=O)NS(=O)(=O)C1CC1)OC)N(C)C(=O)[C@@H](NC(=O)[C@H](C(C)C)N(C)CCOCCOCCOCCON1C(=O)c2ccccc2C1=O)C(C)C. The number of carbonyl (C=O) groups is 7. The number of methoxy groups -OCH3 is 2. The van der Waals surface area contributed by atoms with Crippen molar-refractivity contribution in [1.29, 1.82) is 0 Å². The van der Waals surface area contributed by atoms with Crippen LogP contribution in [-0.2, 0) is 68.9 Å². The number of nitrogens with zero attached hydrogens (tertiary/aromatic N) is 4. The Morgan fingerprint density at radius 3 is 1.84 bits per heavy atom. The first kappa shape index (κ1) is 66.4. The highest BCUT2D eigenvalue weighted by Gasteiger charge is 2.45. The Labute approximate surface area is 478 Å². The number of fused-ring (bicyclic) bond motifs is 1. The second-order valence-electron chi connectivity index (χ2n) is 22.1. The zero-order valence-corrected chi connectivity index (χ0v) is 50.1. The molecule has 0 aromatic heterocycles. The number of hydrogen-bond acceptors (Lipinski definition) is 16. The quantitative estimate of drug-likeness (QED) is 0.0651. The van der Waals surface area contributed by atoms with E-state index in [-0.39, 0.29) is 68.1 Å². The third-order valence-corrected chi connectivity index (χ3v) is 17.4. The van der Waals surface area contributed by atoms with E-state index < -0.39 is 87.2 Å². The summed E-state index contributed by atoms with van der Waals surface area (Å²) in [6.45, 7) is 15.7. The average Bonchev–Trinajstić information content (AvgIpc) is 4.30. The average molecular weight is 1160 g/mol. The summed E-state index contributed by atoms with van der Waals surface area (Å²) in [5, 5.41) is 5.98. The van der Waals surface area contributed by atoms with Crippen LogP contribution in [0.5, 0.6) is 0 Å². The summed E-state index contributed by atoms with van der Waals surface area (Å²) in [7, 11) is 2.61. The second-order valence-corrected chi connectivity index (χ2v) is 24.0. The van der Waals surface area contributed by atoms with Crippen LogP contribution >= 0.6 is 0 Å². The zero-order chi connectivity index (χ0) is 59.6. The number of likely N-dealkylation sites (tertiary alicyclic amines) is 1. The molecule has 9 atom stereocenters. The predicted octanol–water partition coefficient (Wildman–Crippen LogP) is 3.62. The fourth-order valence-electron chi connectivity index (χ4n) is 10.7. The van der Waals surface area contributed by atoms with E-state index >= 15 is 0 Å². The van der Waals surface area contributed by atoms with Gasteiger partial charge in [-0.3, -0.25) is 48.0 Å². The first-order chi connectivity index (χ1) is 38.6. The molecule has 5 rings (SSSR count). The Hall–Kier alpha value is -5.40. The molecule has 2 aliphatic heterocycles. The number of carbonyl (C=O) groups excluding carboxylic acids is 7. The van der Waals surface area contributed by atoms with Gasteiger partial charge in [-0.05, 0) is 68.2 Å². The fraction of sp³-hybridized carbons (Fsp3) is 0.672. The molecule has 22 nitrogen and oxygen atoms in total. The third-order valence-electron chi connectivity index (χ3n) is 15.5. The van der Waals surface area contributed by atoms with Crippen LogP contribution in [-0.4, -0.2) is 205 Å². The first-order valence-electron chi connectivity index (χ1n) is 28.4. The van der Waals surface area contributed by atoms with Crippen LogP contribution in [0.15, 0.2) is 54.6 Å². The molecule has 1 saturated carbocycles. The van der Waals surface area contributed by atoms with Gasteiger partial charge >= 0.3 is 0 Å². The number of nitrogens with one attached hydrogen (secondary N) is 3. The highest BCUT2D eigenvalue weighted by Crippen LogP contribution is 2.31.